The molecule has 0 aliphatic carbocycles. The van der Waals surface area contributed by atoms with E-state index in [2.05, 4.69) is 10.3 Å². The topological polar surface area (TPSA) is 54.4 Å². The Morgan fingerprint density at radius 1 is 1.35 bits per heavy atom. The standard InChI is InChI=1S/C14H15FN2O2S/c15-11-3-1-10(2-4-11)12-5-20-13(17-12)16-6-14(7-18)8-19-9-14/h1-5,18H,6-9H2,(H,16,17). The number of hydrogen-bond acceptors (Lipinski definition) is 5. The highest BCUT2D eigenvalue weighted by Gasteiger charge is 2.38. The minimum atomic E-state index is -0.253. The summed E-state index contributed by atoms with van der Waals surface area (Å²) < 4.78 is 18.0. The quantitative estimate of drug-likeness (QED) is 0.889. The van der Waals surface area contributed by atoms with Crippen LogP contribution in [0.3, 0.4) is 0 Å². The van der Waals surface area contributed by atoms with E-state index in [1.165, 1.54) is 23.5 Å². The molecule has 1 aliphatic rings. The predicted octanol–water partition coefficient (Wildman–Crippen LogP) is 2.37. The molecule has 1 aromatic carbocycles. The molecular weight excluding hydrogens is 279 g/mol. The summed E-state index contributed by atoms with van der Waals surface area (Å²) in [5, 5.41) is 15.3. The number of aliphatic hydroxyl groups is 1. The molecule has 1 aliphatic heterocycles. The zero-order chi connectivity index (χ0) is 14.0. The molecule has 0 unspecified atom stereocenters. The van der Waals surface area contributed by atoms with Crippen LogP contribution in [0.4, 0.5) is 9.52 Å². The molecule has 1 saturated heterocycles. The predicted molar refractivity (Wildman–Crippen MR) is 76.3 cm³/mol. The number of aliphatic hydroxyl groups excluding tert-OH is 1. The largest absolute Gasteiger partial charge is 0.396 e. The van der Waals surface area contributed by atoms with Crippen molar-refractivity contribution in [1.29, 1.82) is 0 Å². The first-order valence-corrected chi connectivity index (χ1v) is 7.23. The first-order valence-electron chi connectivity index (χ1n) is 6.35. The van der Waals surface area contributed by atoms with Crippen LogP contribution >= 0.6 is 11.3 Å². The second-order valence-corrected chi connectivity index (χ2v) is 5.91. The van der Waals surface area contributed by atoms with Gasteiger partial charge in [0.1, 0.15) is 5.82 Å². The SMILES string of the molecule is OCC1(CNc2nc(-c3ccc(F)cc3)cs2)COC1. The van der Waals surface area contributed by atoms with Crippen LogP contribution in [0.2, 0.25) is 0 Å². The van der Waals surface area contributed by atoms with E-state index in [1.807, 2.05) is 5.38 Å². The van der Waals surface area contributed by atoms with Crippen LogP contribution in [0, 0.1) is 11.2 Å². The van der Waals surface area contributed by atoms with E-state index in [0.717, 1.165) is 16.4 Å². The lowest BCUT2D eigenvalue weighted by Gasteiger charge is -2.39. The highest BCUT2D eigenvalue weighted by Crippen LogP contribution is 2.29. The average Bonchev–Trinajstić information content (AvgIpc) is 2.88. The second kappa shape index (κ2) is 5.47. The third-order valence-electron chi connectivity index (χ3n) is 3.41. The third kappa shape index (κ3) is 2.67. The van der Waals surface area contributed by atoms with Gasteiger partial charge in [-0.3, -0.25) is 0 Å². The first kappa shape index (κ1) is 13.5. The lowest BCUT2D eigenvalue weighted by Crippen LogP contribution is -2.50. The number of halogens is 1. The van der Waals surface area contributed by atoms with Gasteiger partial charge in [-0.25, -0.2) is 9.37 Å². The van der Waals surface area contributed by atoms with E-state index >= 15 is 0 Å². The number of nitrogens with one attached hydrogen (secondary N) is 1. The summed E-state index contributed by atoms with van der Waals surface area (Å²) in [6.07, 6.45) is 0. The van der Waals surface area contributed by atoms with Crippen molar-refractivity contribution in [3.63, 3.8) is 0 Å². The maximum Gasteiger partial charge on any atom is 0.183 e. The Balaban J connectivity index is 1.66. The summed E-state index contributed by atoms with van der Waals surface area (Å²) in [6.45, 7) is 1.90. The molecule has 0 saturated carbocycles. The normalized spacial score (nSPS) is 16.7. The van der Waals surface area contributed by atoms with Crippen LogP contribution in [0.15, 0.2) is 29.6 Å². The fourth-order valence-corrected chi connectivity index (χ4v) is 2.73. The summed E-state index contributed by atoms with van der Waals surface area (Å²) >= 11 is 1.50. The number of anilines is 1. The molecule has 0 amide bonds. The van der Waals surface area contributed by atoms with Crippen LogP contribution in [0.1, 0.15) is 0 Å². The van der Waals surface area contributed by atoms with Gasteiger partial charge < -0.3 is 15.2 Å². The van der Waals surface area contributed by atoms with Crippen LogP contribution < -0.4 is 5.32 Å². The van der Waals surface area contributed by atoms with E-state index < -0.39 is 0 Å². The third-order valence-corrected chi connectivity index (χ3v) is 4.21. The number of aromatic nitrogens is 1. The fraction of sp³-hybridized carbons (Fsp3) is 0.357. The maximum atomic E-state index is 12.9. The van der Waals surface area contributed by atoms with Gasteiger partial charge >= 0.3 is 0 Å². The van der Waals surface area contributed by atoms with E-state index in [4.69, 9.17) is 4.74 Å². The Morgan fingerprint density at radius 2 is 2.10 bits per heavy atom. The Bertz CT molecular complexity index is 576. The van der Waals surface area contributed by atoms with Crippen molar-refractivity contribution >= 4 is 16.5 Å². The van der Waals surface area contributed by atoms with Crippen molar-refractivity contribution in [2.24, 2.45) is 5.41 Å². The zero-order valence-electron chi connectivity index (χ0n) is 10.8. The van der Waals surface area contributed by atoms with E-state index in [0.29, 0.717) is 19.8 Å². The number of hydrogen-bond donors (Lipinski definition) is 2. The van der Waals surface area contributed by atoms with Gasteiger partial charge in [0.25, 0.3) is 0 Å². The molecule has 0 spiro atoms. The van der Waals surface area contributed by atoms with E-state index in [9.17, 15) is 9.50 Å². The molecule has 2 heterocycles. The van der Waals surface area contributed by atoms with Crippen molar-refractivity contribution < 1.29 is 14.2 Å². The van der Waals surface area contributed by atoms with Gasteiger partial charge in [-0.1, -0.05) is 0 Å². The molecule has 0 atom stereocenters. The molecule has 3 rings (SSSR count). The minimum absolute atomic E-state index is 0.107. The summed E-state index contributed by atoms with van der Waals surface area (Å²) in [7, 11) is 0. The Morgan fingerprint density at radius 3 is 2.70 bits per heavy atom. The molecule has 2 N–H and O–H groups in total. The second-order valence-electron chi connectivity index (χ2n) is 5.05. The van der Waals surface area contributed by atoms with Crippen molar-refractivity contribution in [3.05, 3.63) is 35.5 Å². The van der Waals surface area contributed by atoms with Crippen molar-refractivity contribution in [3.8, 4) is 11.3 Å². The molecule has 1 fully saturated rings. The smallest absolute Gasteiger partial charge is 0.183 e. The highest BCUT2D eigenvalue weighted by molar-refractivity contribution is 7.14. The van der Waals surface area contributed by atoms with Gasteiger partial charge in [0.05, 0.1) is 30.9 Å². The first-order chi connectivity index (χ1) is 9.71. The van der Waals surface area contributed by atoms with Crippen LogP contribution in [-0.4, -0.2) is 36.5 Å². The van der Waals surface area contributed by atoms with Gasteiger partial charge in [0.2, 0.25) is 0 Å². The van der Waals surface area contributed by atoms with Crippen molar-refractivity contribution in [2.45, 2.75) is 0 Å². The molecule has 106 valence electrons. The lowest BCUT2D eigenvalue weighted by molar-refractivity contribution is -0.128. The molecule has 1 aromatic heterocycles. The highest BCUT2D eigenvalue weighted by atomic mass is 32.1. The Labute approximate surface area is 120 Å². The van der Waals surface area contributed by atoms with Gasteiger partial charge in [-0.05, 0) is 24.3 Å². The van der Waals surface area contributed by atoms with Gasteiger partial charge in [-0.2, -0.15) is 0 Å². The number of benzene rings is 1. The number of thiazole rings is 1. The summed E-state index contributed by atoms with van der Waals surface area (Å²) in [5.74, 6) is -0.253. The van der Waals surface area contributed by atoms with Gasteiger partial charge in [0, 0.05) is 17.5 Å². The molecular formula is C14H15FN2O2S. The molecule has 0 bridgehead atoms. The Kier molecular flexibility index (Phi) is 3.69. The van der Waals surface area contributed by atoms with Crippen LogP contribution in [0.5, 0.6) is 0 Å². The van der Waals surface area contributed by atoms with E-state index in [-0.39, 0.29) is 17.8 Å². The molecule has 6 heteroatoms. The Hall–Kier alpha value is -1.50. The molecule has 4 nitrogen and oxygen atoms in total. The van der Waals surface area contributed by atoms with Gasteiger partial charge in [-0.15, -0.1) is 11.3 Å². The van der Waals surface area contributed by atoms with Crippen LogP contribution in [0.25, 0.3) is 11.3 Å². The van der Waals surface area contributed by atoms with Crippen molar-refractivity contribution in [1.82, 2.24) is 4.98 Å². The monoisotopic (exact) mass is 294 g/mol. The fourth-order valence-electron chi connectivity index (χ4n) is 2.01. The summed E-state index contributed by atoms with van der Waals surface area (Å²) in [6, 6.07) is 6.27. The molecule has 20 heavy (non-hydrogen) atoms. The summed E-state index contributed by atoms with van der Waals surface area (Å²) in [5.41, 5.74) is 1.53. The van der Waals surface area contributed by atoms with Crippen LogP contribution in [-0.2, 0) is 4.74 Å². The zero-order valence-corrected chi connectivity index (χ0v) is 11.6. The maximum absolute atomic E-state index is 12.9. The number of ether oxygens (including phenoxy) is 1. The summed E-state index contributed by atoms with van der Waals surface area (Å²) in [4.78, 5) is 4.47. The molecule has 2 aromatic rings. The number of rotatable bonds is 5. The average molecular weight is 294 g/mol. The molecule has 0 radical (unpaired) electrons. The number of nitrogens with zero attached hydrogens (tertiary/aromatic N) is 1. The minimum Gasteiger partial charge on any atom is -0.396 e. The van der Waals surface area contributed by atoms with E-state index in [1.54, 1.807) is 12.1 Å². The van der Waals surface area contributed by atoms with Gasteiger partial charge in [0.15, 0.2) is 5.13 Å². The van der Waals surface area contributed by atoms with Crippen molar-refractivity contribution in [2.75, 3.05) is 31.7 Å². The lowest BCUT2D eigenvalue weighted by atomic mass is 9.87.